The van der Waals surface area contributed by atoms with Crippen LogP contribution in [0.4, 0.5) is 0 Å². The highest BCUT2D eigenvalue weighted by molar-refractivity contribution is 5.66. The van der Waals surface area contributed by atoms with Crippen molar-refractivity contribution in [3.05, 3.63) is 34.0 Å². The van der Waals surface area contributed by atoms with Gasteiger partial charge in [0.05, 0.1) is 11.7 Å². The Morgan fingerprint density at radius 3 is 2.81 bits per heavy atom. The molecule has 0 unspecified atom stereocenters. The third-order valence-corrected chi connectivity index (χ3v) is 2.44. The highest BCUT2D eigenvalue weighted by atomic mass is 16.4. The summed E-state index contributed by atoms with van der Waals surface area (Å²) in [6, 6.07) is 1.86. The summed E-state index contributed by atoms with van der Waals surface area (Å²) < 4.78 is 2.40. The predicted octanol–water partition coefficient (Wildman–Crippen LogP) is 0.197. The van der Waals surface area contributed by atoms with E-state index in [0.29, 0.717) is 5.52 Å². The second kappa shape index (κ2) is 3.48. The standard InChI is InChI=1S/C10H11N3O3/c1-6-3-7(2)13-8(6)4-11-12(10(13)16)5-9(14)15/h3-4H,5H2,1-2H3,(H,14,15). The minimum Gasteiger partial charge on any atom is -0.480 e. The van der Waals surface area contributed by atoms with Crippen molar-refractivity contribution < 1.29 is 9.90 Å². The summed E-state index contributed by atoms with van der Waals surface area (Å²) in [5.74, 6) is -1.09. The SMILES string of the molecule is Cc1cc(C)n2c(=O)n(CC(=O)O)ncc12. The Hall–Kier alpha value is -2.11. The van der Waals surface area contributed by atoms with Gasteiger partial charge in [-0.15, -0.1) is 0 Å². The lowest BCUT2D eigenvalue weighted by molar-refractivity contribution is -0.138. The smallest absolute Gasteiger partial charge is 0.349 e. The molecular formula is C10H11N3O3. The molecule has 0 saturated carbocycles. The zero-order valence-corrected chi connectivity index (χ0v) is 8.97. The summed E-state index contributed by atoms with van der Waals surface area (Å²) >= 11 is 0. The molecule has 0 aliphatic rings. The first kappa shape index (κ1) is 10.4. The van der Waals surface area contributed by atoms with Gasteiger partial charge in [0.2, 0.25) is 0 Å². The van der Waals surface area contributed by atoms with Crippen molar-refractivity contribution in [1.29, 1.82) is 0 Å². The first-order valence-corrected chi connectivity index (χ1v) is 4.77. The van der Waals surface area contributed by atoms with E-state index in [0.717, 1.165) is 15.9 Å². The molecule has 0 bridgehead atoms. The number of nitrogens with zero attached hydrogens (tertiary/aromatic N) is 3. The number of hydrogen-bond donors (Lipinski definition) is 1. The van der Waals surface area contributed by atoms with E-state index in [4.69, 9.17) is 5.11 Å². The van der Waals surface area contributed by atoms with Gasteiger partial charge in [0.15, 0.2) is 0 Å². The molecule has 0 atom stereocenters. The van der Waals surface area contributed by atoms with Crippen LogP contribution in [-0.2, 0) is 11.3 Å². The van der Waals surface area contributed by atoms with Crippen molar-refractivity contribution in [2.75, 3.05) is 0 Å². The van der Waals surface area contributed by atoms with Gasteiger partial charge >= 0.3 is 11.7 Å². The van der Waals surface area contributed by atoms with Crippen molar-refractivity contribution in [2.24, 2.45) is 0 Å². The summed E-state index contributed by atoms with van der Waals surface area (Å²) in [5, 5.41) is 12.5. The molecule has 0 aromatic carbocycles. The molecule has 6 nitrogen and oxygen atoms in total. The van der Waals surface area contributed by atoms with E-state index < -0.39 is 18.2 Å². The second-order valence-corrected chi connectivity index (χ2v) is 3.67. The number of aliphatic carboxylic acids is 1. The molecule has 2 aromatic heterocycles. The van der Waals surface area contributed by atoms with E-state index >= 15 is 0 Å². The summed E-state index contributed by atoms with van der Waals surface area (Å²) in [6.07, 6.45) is 1.51. The second-order valence-electron chi connectivity index (χ2n) is 3.67. The lowest BCUT2D eigenvalue weighted by atomic mass is 10.3. The Balaban J connectivity index is 2.74. The number of aryl methyl sites for hydroxylation is 2. The fourth-order valence-electron chi connectivity index (χ4n) is 1.76. The highest BCUT2D eigenvalue weighted by Gasteiger charge is 2.10. The van der Waals surface area contributed by atoms with Crippen molar-refractivity contribution in [3.63, 3.8) is 0 Å². The van der Waals surface area contributed by atoms with Crippen molar-refractivity contribution in [1.82, 2.24) is 14.2 Å². The summed E-state index contributed by atoms with van der Waals surface area (Å²) in [4.78, 5) is 22.4. The van der Waals surface area contributed by atoms with Crippen LogP contribution in [0.2, 0.25) is 0 Å². The van der Waals surface area contributed by atoms with Crippen LogP contribution < -0.4 is 5.69 Å². The van der Waals surface area contributed by atoms with Crippen molar-refractivity contribution in [2.45, 2.75) is 20.4 Å². The molecule has 0 spiro atoms. The van der Waals surface area contributed by atoms with E-state index in [1.54, 1.807) is 6.92 Å². The number of aromatic nitrogens is 3. The quantitative estimate of drug-likeness (QED) is 0.785. The average Bonchev–Trinajstić information content (AvgIpc) is 2.46. The third kappa shape index (κ3) is 1.48. The van der Waals surface area contributed by atoms with E-state index in [2.05, 4.69) is 5.10 Å². The van der Waals surface area contributed by atoms with E-state index in [-0.39, 0.29) is 0 Å². The van der Waals surface area contributed by atoms with Crippen LogP contribution in [0.3, 0.4) is 0 Å². The van der Waals surface area contributed by atoms with E-state index in [1.165, 1.54) is 10.6 Å². The lowest BCUT2D eigenvalue weighted by Crippen LogP contribution is -2.31. The van der Waals surface area contributed by atoms with Gasteiger partial charge in [-0.05, 0) is 25.5 Å². The fourth-order valence-corrected chi connectivity index (χ4v) is 1.76. The summed E-state index contributed by atoms with van der Waals surface area (Å²) in [7, 11) is 0. The predicted molar refractivity (Wildman–Crippen MR) is 56.6 cm³/mol. The van der Waals surface area contributed by atoms with Crippen LogP contribution >= 0.6 is 0 Å². The molecule has 2 heterocycles. The Bertz CT molecular complexity index is 624. The number of hydrogen-bond acceptors (Lipinski definition) is 3. The molecule has 0 saturated heterocycles. The molecule has 2 aromatic rings. The van der Waals surface area contributed by atoms with Gasteiger partial charge < -0.3 is 5.11 Å². The molecule has 2 rings (SSSR count). The average molecular weight is 221 g/mol. The van der Waals surface area contributed by atoms with Crippen molar-refractivity contribution >= 4 is 11.5 Å². The van der Waals surface area contributed by atoms with Crippen molar-refractivity contribution in [3.8, 4) is 0 Å². The van der Waals surface area contributed by atoms with Gasteiger partial charge in [-0.3, -0.25) is 9.20 Å². The molecule has 0 fully saturated rings. The summed E-state index contributed by atoms with van der Waals surface area (Å²) in [6.45, 7) is 3.25. The number of carboxylic acids is 1. The molecule has 1 N–H and O–H groups in total. The van der Waals surface area contributed by atoms with Gasteiger partial charge in [-0.25, -0.2) is 9.48 Å². The molecule has 6 heteroatoms. The minimum atomic E-state index is -1.09. The Kier molecular flexibility index (Phi) is 2.26. The van der Waals surface area contributed by atoms with Crippen LogP contribution in [-0.4, -0.2) is 25.3 Å². The molecule has 84 valence electrons. The molecule has 0 aliphatic heterocycles. The zero-order valence-electron chi connectivity index (χ0n) is 8.97. The van der Waals surface area contributed by atoms with Crippen LogP contribution in [0.5, 0.6) is 0 Å². The third-order valence-electron chi connectivity index (χ3n) is 2.44. The maximum atomic E-state index is 11.9. The van der Waals surface area contributed by atoms with Crippen LogP contribution in [0.25, 0.3) is 5.52 Å². The lowest BCUT2D eigenvalue weighted by Gasteiger charge is -2.03. The van der Waals surface area contributed by atoms with Gasteiger partial charge in [0.25, 0.3) is 0 Å². The maximum Gasteiger partial charge on any atom is 0.349 e. The van der Waals surface area contributed by atoms with E-state index in [1.807, 2.05) is 13.0 Å². The van der Waals surface area contributed by atoms with Crippen LogP contribution in [0.15, 0.2) is 17.1 Å². The number of rotatable bonds is 2. The molecule has 0 amide bonds. The van der Waals surface area contributed by atoms with Gasteiger partial charge in [-0.2, -0.15) is 5.10 Å². The topological polar surface area (TPSA) is 76.6 Å². The molecule has 0 radical (unpaired) electrons. The summed E-state index contributed by atoms with van der Waals surface area (Å²) in [5.41, 5.74) is 2.01. The van der Waals surface area contributed by atoms with Gasteiger partial charge in [0.1, 0.15) is 6.54 Å². The molecule has 0 aliphatic carbocycles. The Labute approximate surface area is 90.7 Å². The molecular weight excluding hydrogens is 210 g/mol. The van der Waals surface area contributed by atoms with Gasteiger partial charge in [0, 0.05) is 5.69 Å². The Morgan fingerprint density at radius 1 is 1.50 bits per heavy atom. The van der Waals surface area contributed by atoms with Gasteiger partial charge in [-0.1, -0.05) is 0 Å². The monoisotopic (exact) mass is 221 g/mol. The zero-order chi connectivity index (χ0) is 11.9. The Morgan fingerprint density at radius 2 is 2.19 bits per heavy atom. The largest absolute Gasteiger partial charge is 0.480 e. The number of carboxylic acid groups (broad SMARTS) is 1. The fraction of sp³-hybridized carbons (Fsp3) is 0.300. The molecule has 16 heavy (non-hydrogen) atoms. The normalized spacial score (nSPS) is 10.9. The first-order chi connectivity index (χ1) is 7.50. The minimum absolute atomic E-state index is 0.425. The maximum absolute atomic E-state index is 11.9. The first-order valence-electron chi connectivity index (χ1n) is 4.77. The van der Waals surface area contributed by atoms with Crippen LogP contribution in [0, 0.1) is 13.8 Å². The number of carbonyl (C=O) groups is 1. The van der Waals surface area contributed by atoms with E-state index in [9.17, 15) is 9.59 Å². The number of fused-ring (bicyclic) bond motifs is 1. The van der Waals surface area contributed by atoms with Crippen LogP contribution in [0.1, 0.15) is 11.3 Å². The highest BCUT2D eigenvalue weighted by Crippen LogP contribution is 2.11.